The van der Waals surface area contributed by atoms with Crippen LogP contribution in [0, 0.1) is 5.92 Å². The molecule has 0 bridgehead atoms. The van der Waals surface area contributed by atoms with Crippen molar-refractivity contribution in [3.63, 3.8) is 0 Å². The molecule has 24 heavy (non-hydrogen) atoms. The summed E-state index contributed by atoms with van der Waals surface area (Å²) in [5.41, 5.74) is 0. The van der Waals surface area contributed by atoms with Crippen molar-refractivity contribution in [2.24, 2.45) is 5.92 Å². The number of hydrogen-bond acceptors (Lipinski definition) is 3. The summed E-state index contributed by atoms with van der Waals surface area (Å²) in [6, 6.07) is 2.51. The lowest BCUT2D eigenvalue weighted by Crippen LogP contribution is -2.43. The maximum Gasteiger partial charge on any atom is 0.228 e. The van der Waals surface area contributed by atoms with E-state index in [0.717, 1.165) is 38.8 Å². The van der Waals surface area contributed by atoms with Gasteiger partial charge in [-0.1, -0.05) is 12.8 Å². The third-order valence-electron chi connectivity index (χ3n) is 5.89. The van der Waals surface area contributed by atoms with Crippen LogP contribution in [0.15, 0.2) is 18.5 Å². The van der Waals surface area contributed by atoms with E-state index in [-0.39, 0.29) is 23.8 Å². The van der Waals surface area contributed by atoms with Crippen LogP contribution in [0.25, 0.3) is 0 Å². The molecule has 0 N–H and O–H groups in total. The number of aromatic nitrogens is 2. The molecule has 1 aliphatic carbocycles. The monoisotopic (exact) mass is 330 g/mol. The average molecular weight is 330 g/mol. The van der Waals surface area contributed by atoms with Crippen molar-refractivity contribution in [3.05, 3.63) is 18.5 Å². The highest BCUT2D eigenvalue weighted by molar-refractivity contribution is 5.89. The molecule has 2 amide bonds. The van der Waals surface area contributed by atoms with Gasteiger partial charge in [-0.3, -0.25) is 14.3 Å². The second-order valence-electron chi connectivity index (χ2n) is 7.44. The molecule has 0 unspecified atom stereocenters. The van der Waals surface area contributed by atoms with Crippen molar-refractivity contribution < 1.29 is 9.59 Å². The molecule has 2 aliphatic heterocycles. The van der Waals surface area contributed by atoms with Gasteiger partial charge in [0.15, 0.2) is 0 Å². The summed E-state index contributed by atoms with van der Waals surface area (Å²) >= 11 is 0. The molecular formula is C18H26N4O2. The van der Waals surface area contributed by atoms with Gasteiger partial charge in [0.25, 0.3) is 0 Å². The number of amides is 2. The lowest BCUT2D eigenvalue weighted by Gasteiger charge is -2.28. The molecule has 0 radical (unpaired) electrons. The van der Waals surface area contributed by atoms with Gasteiger partial charge >= 0.3 is 0 Å². The van der Waals surface area contributed by atoms with Gasteiger partial charge < -0.3 is 9.80 Å². The maximum atomic E-state index is 13.0. The summed E-state index contributed by atoms with van der Waals surface area (Å²) < 4.78 is 1.90. The van der Waals surface area contributed by atoms with Crippen molar-refractivity contribution >= 4 is 11.8 Å². The molecule has 1 aromatic rings. The average Bonchev–Trinajstić information content (AvgIpc) is 3.35. The summed E-state index contributed by atoms with van der Waals surface area (Å²) in [7, 11) is 0. The summed E-state index contributed by atoms with van der Waals surface area (Å²) in [5, 5.41) is 4.26. The Kier molecular flexibility index (Phi) is 4.29. The molecule has 6 heteroatoms. The van der Waals surface area contributed by atoms with Gasteiger partial charge in [0.1, 0.15) is 0 Å². The van der Waals surface area contributed by atoms with Gasteiger partial charge in [0.05, 0.1) is 18.5 Å². The van der Waals surface area contributed by atoms with Crippen molar-refractivity contribution in [2.75, 3.05) is 13.1 Å². The van der Waals surface area contributed by atoms with E-state index in [1.165, 1.54) is 12.8 Å². The van der Waals surface area contributed by atoms with Crippen molar-refractivity contribution in [2.45, 2.75) is 63.6 Å². The number of hydrogen-bond donors (Lipinski definition) is 0. The van der Waals surface area contributed by atoms with Gasteiger partial charge in [-0.2, -0.15) is 5.10 Å². The summed E-state index contributed by atoms with van der Waals surface area (Å²) in [6.07, 6.45) is 10.8. The van der Waals surface area contributed by atoms with Crippen LogP contribution in [0.4, 0.5) is 0 Å². The van der Waals surface area contributed by atoms with Crippen LogP contribution in [0.3, 0.4) is 0 Å². The van der Waals surface area contributed by atoms with E-state index < -0.39 is 0 Å². The molecule has 0 aromatic carbocycles. The van der Waals surface area contributed by atoms with E-state index in [2.05, 4.69) is 5.10 Å². The van der Waals surface area contributed by atoms with Crippen molar-refractivity contribution in [1.82, 2.24) is 19.6 Å². The number of likely N-dealkylation sites (tertiary alicyclic amines) is 2. The van der Waals surface area contributed by atoms with Gasteiger partial charge in [-0.15, -0.1) is 0 Å². The van der Waals surface area contributed by atoms with E-state index >= 15 is 0 Å². The Morgan fingerprint density at radius 3 is 2.79 bits per heavy atom. The highest BCUT2D eigenvalue weighted by Gasteiger charge is 2.42. The van der Waals surface area contributed by atoms with E-state index in [1.807, 2.05) is 26.7 Å². The SMILES string of the molecule is O=C1C[C@H](C(=O)N2CCC[C@H]2Cn2cccn2)CN1C1CCCC1. The maximum absolute atomic E-state index is 13.0. The van der Waals surface area contributed by atoms with Crippen LogP contribution in [0.2, 0.25) is 0 Å². The molecular weight excluding hydrogens is 304 g/mol. The molecule has 1 saturated carbocycles. The van der Waals surface area contributed by atoms with E-state index in [1.54, 1.807) is 6.20 Å². The van der Waals surface area contributed by atoms with Crippen molar-refractivity contribution in [1.29, 1.82) is 0 Å². The van der Waals surface area contributed by atoms with Crippen molar-refractivity contribution in [3.8, 4) is 0 Å². The first-order valence-electron chi connectivity index (χ1n) is 9.30. The van der Waals surface area contributed by atoms with Crippen LogP contribution >= 0.6 is 0 Å². The Labute approximate surface area is 142 Å². The zero-order valence-electron chi connectivity index (χ0n) is 14.1. The number of nitrogens with zero attached hydrogens (tertiary/aromatic N) is 4. The number of carbonyl (C=O) groups is 2. The molecule has 0 spiro atoms. The molecule has 3 aliphatic rings. The standard InChI is InChI=1S/C18H26N4O2/c23-17-11-14(12-22(17)15-5-1-2-6-15)18(24)21-10-3-7-16(21)13-20-9-4-8-19-20/h4,8-9,14-16H,1-3,5-7,10-13H2/t14-,16-/m0/s1. The van der Waals surface area contributed by atoms with Crippen LogP contribution in [-0.2, 0) is 16.1 Å². The first-order chi connectivity index (χ1) is 11.7. The first-order valence-corrected chi connectivity index (χ1v) is 9.30. The van der Waals surface area contributed by atoms with Gasteiger partial charge in [0, 0.05) is 37.9 Å². The summed E-state index contributed by atoms with van der Waals surface area (Å²) in [4.78, 5) is 29.4. The minimum Gasteiger partial charge on any atom is -0.339 e. The second kappa shape index (κ2) is 6.57. The Hall–Kier alpha value is -1.85. The molecule has 2 saturated heterocycles. The second-order valence-corrected chi connectivity index (χ2v) is 7.44. The molecule has 1 aromatic heterocycles. The Morgan fingerprint density at radius 1 is 1.21 bits per heavy atom. The molecule has 130 valence electrons. The van der Waals surface area contributed by atoms with Gasteiger partial charge in [0.2, 0.25) is 11.8 Å². The fraction of sp³-hybridized carbons (Fsp3) is 0.722. The third-order valence-corrected chi connectivity index (χ3v) is 5.89. The minimum absolute atomic E-state index is 0.142. The highest BCUT2D eigenvalue weighted by Crippen LogP contribution is 2.31. The third kappa shape index (κ3) is 2.94. The Morgan fingerprint density at radius 2 is 2.04 bits per heavy atom. The zero-order valence-corrected chi connectivity index (χ0v) is 14.1. The molecule has 6 nitrogen and oxygen atoms in total. The number of rotatable bonds is 4. The minimum atomic E-state index is -0.142. The summed E-state index contributed by atoms with van der Waals surface area (Å²) in [5.74, 6) is 0.220. The summed E-state index contributed by atoms with van der Waals surface area (Å²) in [6.45, 7) is 2.21. The Balaban J connectivity index is 1.40. The van der Waals surface area contributed by atoms with E-state index in [9.17, 15) is 9.59 Å². The normalized spacial score (nSPS) is 28.2. The smallest absolute Gasteiger partial charge is 0.228 e. The molecule has 2 atom stereocenters. The van der Waals surface area contributed by atoms with E-state index in [0.29, 0.717) is 19.0 Å². The van der Waals surface area contributed by atoms with Crippen LogP contribution in [-0.4, -0.2) is 56.6 Å². The lowest BCUT2D eigenvalue weighted by atomic mass is 10.1. The largest absolute Gasteiger partial charge is 0.339 e. The fourth-order valence-electron chi connectivity index (χ4n) is 4.64. The highest BCUT2D eigenvalue weighted by atomic mass is 16.2. The zero-order chi connectivity index (χ0) is 16.5. The van der Waals surface area contributed by atoms with Crippen LogP contribution in [0.5, 0.6) is 0 Å². The van der Waals surface area contributed by atoms with E-state index in [4.69, 9.17) is 0 Å². The Bertz CT molecular complexity index is 594. The lowest BCUT2D eigenvalue weighted by molar-refractivity contribution is -0.136. The van der Waals surface area contributed by atoms with Gasteiger partial charge in [-0.25, -0.2) is 0 Å². The fourth-order valence-corrected chi connectivity index (χ4v) is 4.64. The van der Waals surface area contributed by atoms with Crippen LogP contribution in [0.1, 0.15) is 44.9 Å². The first kappa shape index (κ1) is 15.7. The molecule has 4 rings (SSSR count). The van der Waals surface area contributed by atoms with Gasteiger partial charge in [-0.05, 0) is 31.7 Å². The van der Waals surface area contributed by atoms with Crippen LogP contribution < -0.4 is 0 Å². The predicted molar refractivity (Wildman–Crippen MR) is 89.0 cm³/mol. The quantitative estimate of drug-likeness (QED) is 0.844. The predicted octanol–water partition coefficient (Wildman–Crippen LogP) is 1.67. The topological polar surface area (TPSA) is 58.4 Å². The molecule has 3 heterocycles. The molecule has 3 fully saturated rings. The number of carbonyl (C=O) groups excluding carboxylic acids is 2.